The predicted molar refractivity (Wildman–Crippen MR) is 96.1 cm³/mol. The van der Waals surface area contributed by atoms with Gasteiger partial charge in [0.1, 0.15) is 5.58 Å². The summed E-state index contributed by atoms with van der Waals surface area (Å²) in [6.07, 6.45) is 0. The minimum atomic E-state index is -0.521. The summed E-state index contributed by atoms with van der Waals surface area (Å²) in [6, 6.07) is 11.0. The monoisotopic (exact) mass is 351 g/mol. The molecule has 4 rings (SSSR count). The van der Waals surface area contributed by atoms with Gasteiger partial charge in [-0.1, -0.05) is 12.1 Å². The lowest BCUT2D eigenvalue weighted by Gasteiger charge is -2.06. The molecular weight excluding hydrogens is 337 g/mol. The molecule has 2 aromatic carbocycles. The standard InChI is InChI=1S/C20H14FNO4/c1-10-8-17(23)25-16-9-12(6-7-13(10)16)22-20(24)18-11(2)14-4-3-5-15(21)19(14)26-18/h3-9H,1-2H3,(H,22,24). The quantitative estimate of drug-likeness (QED) is 0.538. The molecule has 0 radical (unpaired) electrons. The van der Waals surface area contributed by atoms with Crippen LogP contribution < -0.4 is 10.9 Å². The molecule has 1 amide bonds. The van der Waals surface area contributed by atoms with Crippen LogP contribution in [0.5, 0.6) is 0 Å². The topological polar surface area (TPSA) is 72.5 Å². The second-order valence-electron chi connectivity index (χ2n) is 6.09. The summed E-state index contributed by atoms with van der Waals surface area (Å²) >= 11 is 0. The number of hydrogen-bond donors (Lipinski definition) is 1. The molecule has 0 fully saturated rings. The van der Waals surface area contributed by atoms with Gasteiger partial charge in [0.15, 0.2) is 17.2 Å². The first-order chi connectivity index (χ1) is 12.4. The molecule has 130 valence electrons. The Morgan fingerprint density at radius 3 is 2.62 bits per heavy atom. The van der Waals surface area contributed by atoms with Crippen LogP contribution in [0, 0.1) is 19.7 Å². The maximum absolute atomic E-state index is 13.9. The van der Waals surface area contributed by atoms with E-state index in [9.17, 15) is 14.0 Å². The number of carbonyl (C=O) groups excluding carboxylic acids is 1. The summed E-state index contributed by atoms with van der Waals surface area (Å²) in [5.41, 5.74) is 1.76. The zero-order chi connectivity index (χ0) is 18.4. The van der Waals surface area contributed by atoms with Gasteiger partial charge in [0, 0.05) is 34.2 Å². The number of fused-ring (bicyclic) bond motifs is 2. The number of furan rings is 1. The third-order valence-electron chi connectivity index (χ3n) is 4.33. The number of nitrogens with one attached hydrogen (secondary N) is 1. The lowest BCUT2D eigenvalue weighted by Crippen LogP contribution is -2.12. The van der Waals surface area contributed by atoms with Crippen LogP contribution in [-0.4, -0.2) is 5.91 Å². The van der Waals surface area contributed by atoms with E-state index >= 15 is 0 Å². The molecule has 0 bridgehead atoms. The van der Waals surface area contributed by atoms with Crippen molar-refractivity contribution in [3.05, 3.63) is 75.6 Å². The lowest BCUT2D eigenvalue weighted by molar-refractivity contribution is 0.0997. The van der Waals surface area contributed by atoms with Crippen LogP contribution in [0.15, 0.2) is 56.1 Å². The molecule has 26 heavy (non-hydrogen) atoms. The van der Waals surface area contributed by atoms with E-state index in [4.69, 9.17) is 8.83 Å². The highest BCUT2D eigenvalue weighted by Crippen LogP contribution is 2.28. The van der Waals surface area contributed by atoms with Crippen LogP contribution in [0.3, 0.4) is 0 Å². The molecule has 2 aromatic heterocycles. The lowest BCUT2D eigenvalue weighted by atomic mass is 10.1. The van der Waals surface area contributed by atoms with E-state index in [1.54, 1.807) is 37.3 Å². The third kappa shape index (κ3) is 2.56. The number of para-hydroxylation sites is 1. The van der Waals surface area contributed by atoms with Gasteiger partial charge in [-0.2, -0.15) is 0 Å². The number of aryl methyl sites for hydroxylation is 2. The highest BCUT2D eigenvalue weighted by atomic mass is 19.1. The van der Waals surface area contributed by atoms with Crippen molar-refractivity contribution in [3.8, 4) is 0 Å². The second kappa shape index (κ2) is 5.84. The maximum Gasteiger partial charge on any atom is 0.336 e. The second-order valence-corrected chi connectivity index (χ2v) is 6.09. The molecule has 6 heteroatoms. The van der Waals surface area contributed by atoms with Gasteiger partial charge in [0.2, 0.25) is 0 Å². The van der Waals surface area contributed by atoms with Gasteiger partial charge in [-0.3, -0.25) is 4.79 Å². The Morgan fingerprint density at radius 1 is 1.04 bits per heavy atom. The molecule has 0 saturated heterocycles. The van der Waals surface area contributed by atoms with Gasteiger partial charge >= 0.3 is 5.63 Å². The molecule has 0 saturated carbocycles. The Morgan fingerprint density at radius 2 is 1.85 bits per heavy atom. The molecule has 5 nitrogen and oxygen atoms in total. The van der Waals surface area contributed by atoms with Crippen molar-refractivity contribution in [2.45, 2.75) is 13.8 Å². The van der Waals surface area contributed by atoms with Crippen molar-refractivity contribution in [3.63, 3.8) is 0 Å². The van der Waals surface area contributed by atoms with Crippen LogP contribution in [0.25, 0.3) is 21.9 Å². The molecule has 0 unspecified atom stereocenters. The summed E-state index contributed by atoms with van der Waals surface area (Å²) in [5, 5.41) is 4.03. The maximum atomic E-state index is 13.9. The van der Waals surface area contributed by atoms with Gasteiger partial charge in [-0.25, -0.2) is 9.18 Å². The van der Waals surface area contributed by atoms with Crippen molar-refractivity contribution >= 4 is 33.5 Å². The number of benzene rings is 2. The van der Waals surface area contributed by atoms with Crippen LogP contribution in [-0.2, 0) is 0 Å². The van der Waals surface area contributed by atoms with E-state index in [-0.39, 0.29) is 11.3 Å². The zero-order valence-corrected chi connectivity index (χ0v) is 14.1. The molecule has 4 aromatic rings. The average molecular weight is 351 g/mol. The van der Waals surface area contributed by atoms with Crippen LogP contribution in [0.2, 0.25) is 0 Å². The van der Waals surface area contributed by atoms with Crippen molar-refractivity contribution in [1.29, 1.82) is 0 Å². The molecule has 0 spiro atoms. The molecule has 0 aliphatic carbocycles. The Bertz CT molecular complexity index is 1240. The van der Waals surface area contributed by atoms with Gasteiger partial charge in [-0.15, -0.1) is 0 Å². The predicted octanol–water partition coefficient (Wildman–Crippen LogP) is 4.55. The normalized spacial score (nSPS) is 11.2. The van der Waals surface area contributed by atoms with Gasteiger partial charge in [0.05, 0.1) is 0 Å². The van der Waals surface area contributed by atoms with Crippen molar-refractivity contribution in [2.75, 3.05) is 5.32 Å². The van der Waals surface area contributed by atoms with Crippen molar-refractivity contribution in [1.82, 2.24) is 0 Å². The van der Waals surface area contributed by atoms with Crippen LogP contribution in [0.4, 0.5) is 10.1 Å². The Labute approximate surface area is 147 Å². The number of amides is 1. The molecular formula is C20H14FNO4. The Balaban J connectivity index is 1.72. The molecule has 2 heterocycles. The summed E-state index contributed by atoms with van der Waals surface area (Å²) in [4.78, 5) is 24.1. The van der Waals surface area contributed by atoms with E-state index in [0.29, 0.717) is 22.2 Å². The van der Waals surface area contributed by atoms with Gasteiger partial charge < -0.3 is 14.2 Å². The van der Waals surface area contributed by atoms with E-state index in [1.807, 2.05) is 6.92 Å². The first-order valence-corrected chi connectivity index (χ1v) is 7.97. The van der Waals surface area contributed by atoms with Crippen LogP contribution in [0.1, 0.15) is 21.7 Å². The Kier molecular flexibility index (Phi) is 3.61. The third-order valence-corrected chi connectivity index (χ3v) is 4.33. The largest absolute Gasteiger partial charge is 0.448 e. The fraction of sp³-hybridized carbons (Fsp3) is 0.100. The average Bonchev–Trinajstić information content (AvgIpc) is 2.93. The fourth-order valence-electron chi connectivity index (χ4n) is 3.02. The number of hydrogen-bond acceptors (Lipinski definition) is 4. The van der Waals surface area contributed by atoms with E-state index in [1.165, 1.54) is 12.1 Å². The van der Waals surface area contributed by atoms with Crippen molar-refractivity contribution < 1.29 is 18.0 Å². The number of carbonyl (C=O) groups is 1. The highest BCUT2D eigenvalue weighted by molar-refractivity contribution is 6.07. The van der Waals surface area contributed by atoms with Gasteiger partial charge in [0.25, 0.3) is 5.91 Å². The van der Waals surface area contributed by atoms with E-state index in [0.717, 1.165) is 10.9 Å². The first-order valence-electron chi connectivity index (χ1n) is 7.97. The van der Waals surface area contributed by atoms with Crippen molar-refractivity contribution in [2.24, 2.45) is 0 Å². The number of rotatable bonds is 2. The molecule has 0 aliphatic heterocycles. The summed E-state index contributed by atoms with van der Waals surface area (Å²) in [5.74, 6) is -0.990. The van der Waals surface area contributed by atoms with E-state index in [2.05, 4.69) is 5.32 Å². The summed E-state index contributed by atoms with van der Waals surface area (Å²) < 4.78 is 24.5. The first kappa shape index (κ1) is 16.1. The van der Waals surface area contributed by atoms with Gasteiger partial charge in [-0.05, 0) is 37.6 Å². The summed E-state index contributed by atoms with van der Waals surface area (Å²) in [7, 11) is 0. The zero-order valence-electron chi connectivity index (χ0n) is 14.1. The minimum Gasteiger partial charge on any atom is -0.448 e. The number of anilines is 1. The molecule has 0 aliphatic rings. The molecule has 1 N–H and O–H groups in total. The fourth-order valence-corrected chi connectivity index (χ4v) is 3.02. The minimum absolute atomic E-state index is 0.0379. The van der Waals surface area contributed by atoms with E-state index < -0.39 is 17.3 Å². The van der Waals surface area contributed by atoms with Crippen LogP contribution >= 0.6 is 0 Å². The smallest absolute Gasteiger partial charge is 0.336 e. The Hall–Kier alpha value is -3.41. The SMILES string of the molecule is Cc1cc(=O)oc2cc(NC(=O)c3oc4c(F)cccc4c3C)ccc12. The highest BCUT2D eigenvalue weighted by Gasteiger charge is 2.19. The number of halogens is 1. The summed E-state index contributed by atoms with van der Waals surface area (Å²) in [6.45, 7) is 3.51. The molecule has 0 atom stereocenters.